The molecule has 5 heteroatoms. The first-order valence-corrected chi connectivity index (χ1v) is 6.06. The normalized spacial score (nSPS) is 9.67. The Kier molecular flexibility index (Phi) is 4.64. The minimum atomic E-state index is -0.663. The molecule has 0 aliphatic rings. The molecule has 21 heavy (non-hydrogen) atoms. The molecule has 2 aromatic rings. The Morgan fingerprint density at radius 3 is 2.67 bits per heavy atom. The maximum absolute atomic E-state index is 13.8. The van der Waals surface area contributed by atoms with Gasteiger partial charge in [-0.15, -0.1) is 0 Å². The lowest BCUT2D eigenvalue weighted by atomic mass is 10.1. The van der Waals surface area contributed by atoms with E-state index in [9.17, 15) is 13.6 Å². The van der Waals surface area contributed by atoms with Crippen LogP contribution in [0.25, 0.3) is 0 Å². The second-order valence-corrected chi connectivity index (χ2v) is 4.12. The molecule has 0 aliphatic carbocycles. The van der Waals surface area contributed by atoms with Gasteiger partial charge in [0.05, 0.1) is 5.69 Å². The monoisotopic (exact) mass is 287 g/mol. The molecule has 106 valence electrons. The van der Waals surface area contributed by atoms with Crippen molar-refractivity contribution in [3.05, 3.63) is 65.2 Å². The minimum absolute atomic E-state index is 0.0289. The molecule has 0 saturated carbocycles. The predicted molar refractivity (Wildman–Crippen MR) is 74.7 cm³/mol. The molecule has 0 unspecified atom stereocenters. The van der Waals surface area contributed by atoms with E-state index >= 15 is 0 Å². The van der Waals surface area contributed by atoms with Crippen molar-refractivity contribution in [1.82, 2.24) is 0 Å². The Labute approximate surface area is 120 Å². The van der Waals surface area contributed by atoms with Crippen LogP contribution in [0.1, 0.15) is 15.9 Å². The molecular formula is C16H11F2NO2. The summed E-state index contributed by atoms with van der Waals surface area (Å²) in [6.07, 6.45) is 0. The maximum atomic E-state index is 13.8. The molecule has 0 aromatic heterocycles. The summed E-state index contributed by atoms with van der Waals surface area (Å²) in [5, 5.41) is 10.9. The van der Waals surface area contributed by atoms with Gasteiger partial charge in [-0.3, -0.25) is 4.79 Å². The summed E-state index contributed by atoms with van der Waals surface area (Å²) < 4.78 is 26.8. The van der Waals surface area contributed by atoms with Gasteiger partial charge in [0, 0.05) is 11.1 Å². The first-order chi connectivity index (χ1) is 10.1. The van der Waals surface area contributed by atoms with Gasteiger partial charge in [0.15, 0.2) is 0 Å². The summed E-state index contributed by atoms with van der Waals surface area (Å²) in [4.78, 5) is 11.9. The van der Waals surface area contributed by atoms with Crippen molar-refractivity contribution < 1.29 is 18.7 Å². The Morgan fingerprint density at radius 2 is 2.00 bits per heavy atom. The number of hydrogen-bond acceptors (Lipinski definition) is 2. The van der Waals surface area contributed by atoms with Crippen LogP contribution in [0.2, 0.25) is 0 Å². The number of aliphatic hydroxyl groups is 1. The Balaban J connectivity index is 2.18. The van der Waals surface area contributed by atoms with Crippen molar-refractivity contribution in [2.75, 3.05) is 11.9 Å². The molecule has 0 radical (unpaired) electrons. The van der Waals surface area contributed by atoms with Crippen molar-refractivity contribution in [3.63, 3.8) is 0 Å². The zero-order chi connectivity index (χ0) is 15.2. The smallest absolute Gasteiger partial charge is 0.255 e. The fraction of sp³-hybridized carbons (Fsp3) is 0.0625. The van der Waals surface area contributed by atoms with E-state index in [1.165, 1.54) is 30.3 Å². The Morgan fingerprint density at radius 1 is 1.19 bits per heavy atom. The van der Waals surface area contributed by atoms with Crippen molar-refractivity contribution in [1.29, 1.82) is 0 Å². The lowest BCUT2D eigenvalue weighted by Crippen LogP contribution is -2.13. The quantitative estimate of drug-likeness (QED) is 0.834. The molecule has 0 fully saturated rings. The number of amides is 1. The van der Waals surface area contributed by atoms with Gasteiger partial charge < -0.3 is 10.4 Å². The van der Waals surface area contributed by atoms with Gasteiger partial charge in [0.2, 0.25) is 0 Å². The van der Waals surface area contributed by atoms with Crippen LogP contribution in [0.4, 0.5) is 14.5 Å². The van der Waals surface area contributed by atoms with Crippen LogP contribution < -0.4 is 5.32 Å². The predicted octanol–water partition coefficient (Wildman–Crippen LogP) is 2.56. The number of benzene rings is 2. The Hall–Kier alpha value is -2.71. The number of halogens is 2. The van der Waals surface area contributed by atoms with Crippen LogP contribution >= 0.6 is 0 Å². The van der Waals surface area contributed by atoms with Gasteiger partial charge in [-0.25, -0.2) is 8.78 Å². The van der Waals surface area contributed by atoms with E-state index in [2.05, 4.69) is 17.2 Å². The highest BCUT2D eigenvalue weighted by molar-refractivity contribution is 6.04. The van der Waals surface area contributed by atoms with E-state index in [0.29, 0.717) is 5.56 Å². The summed E-state index contributed by atoms with van der Waals surface area (Å²) in [5.41, 5.74) is 0.447. The molecule has 0 spiro atoms. The SMILES string of the molecule is O=C(Nc1ccc(C#CCO)cc1F)c1cccc(F)c1. The fourth-order valence-corrected chi connectivity index (χ4v) is 1.66. The lowest BCUT2D eigenvalue weighted by Gasteiger charge is -2.07. The van der Waals surface area contributed by atoms with Gasteiger partial charge in [-0.1, -0.05) is 17.9 Å². The largest absolute Gasteiger partial charge is 0.384 e. The first-order valence-electron chi connectivity index (χ1n) is 6.06. The average Bonchev–Trinajstić information content (AvgIpc) is 2.47. The topological polar surface area (TPSA) is 49.3 Å². The van der Waals surface area contributed by atoms with E-state index in [-0.39, 0.29) is 17.9 Å². The number of hydrogen-bond donors (Lipinski definition) is 2. The van der Waals surface area contributed by atoms with Gasteiger partial charge in [0.1, 0.15) is 18.2 Å². The summed E-state index contributed by atoms with van der Waals surface area (Å²) in [7, 11) is 0. The number of nitrogens with one attached hydrogen (secondary N) is 1. The summed E-state index contributed by atoms with van der Waals surface area (Å²) in [5.74, 6) is 3.13. The zero-order valence-corrected chi connectivity index (χ0v) is 10.9. The third kappa shape index (κ3) is 3.88. The summed E-state index contributed by atoms with van der Waals surface area (Å²) in [6, 6.07) is 9.11. The maximum Gasteiger partial charge on any atom is 0.255 e. The molecular weight excluding hydrogens is 276 g/mol. The summed E-state index contributed by atoms with van der Waals surface area (Å²) in [6.45, 7) is -0.320. The van der Waals surface area contributed by atoms with E-state index in [0.717, 1.165) is 12.1 Å². The molecule has 0 aliphatic heterocycles. The first kappa shape index (κ1) is 14.7. The van der Waals surface area contributed by atoms with Crippen molar-refractivity contribution in [2.45, 2.75) is 0 Å². The molecule has 3 nitrogen and oxygen atoms in total. The van der Waals surface area contributed by atoms with Crippen LogP contribution in [0.3, 0.4) is 0 Å². The third-order valence-electron chi connectivity index (χ3n) is 2.62. The molecule has 0 heterocycles. The van der Waals surface area contributed by atoms with E-state index in [4.69, 9.17) is 5.11 Å². The van der Waals surface area contributed by atoms with E-state index < -0.39 is 17.5 Å². The van der Waals surface area contributed by atoms with Crippen molar-refractivity contribution >= 4 is 11.6 Å². The average molecular weight is 287 g/mol. The highest BCUT2D eigenvalue weighted by Crippen LogP contribution is 2.16. The molecule has 2 N–H and O–H groups in total. The van der Waals surface area contributed by atoms with E-state index in [1.54, 1.807) is 0 Å². The van der Waals surface area contributed by atoms with Gasteiger partial charge in [-0.05, 0) is 36.4 Å². The third-order valence-corrected chi connectivity index (χ3v) is 2.62. The molecule has 0 atom stereocenters. The zero-order valence-electron chi connectivity index (χ0n) is 10.9. The van der Waals surface area contributed by atoms with Crippen LogP contribution in [0.15, 0.2) is 42.5 Å². The van der Waals surface area contributed by atoms with Gasteiger partial charge in [-0.2, -0.15) is 0 Å². The molecule has 0 saturated heterocycles. The van der Waals surface area contributed by atoms with Crippen LogP contribution in [-0.2, 0) is 0 Å². The highest BCUT2D eigenvalue weighted by atomic mass is 19.1. The number of aliphatic hydroxyl groups excluding tert-OH is 1. The number of carbonyl (C=O) groups is 1. The van der Waals surface area contributed by atoms with Crippen molar-refractivity contribution in [3.8, 4) is 11.8 Å². The molecule has 0 bridgehead atoms. The molecule has 2 aromatic carbocycles. The minimum Gasteiger partial charge on any atom is -0.384 e. The molecule has 1 amide bonds. The van der Waals surface area contributed by atoms with Gasteiger partial charge >= 0.3 is 0 Å². The number of rotatable bonds is 2. The van der Waals surface area contributed by atoms with Crippen LogP contribution in [-0.4, -0.2) is 17.6 Å². The van der Waals surface area contributed by atoms with Crippen LogP contribution in [0, 0.1) is 23.5 Å². The number of anilines is 1. The standard InChI is InChI=1S/C16H11F2NO2/c17-13-5-1-4-12(10-13)16(21)19-15-7-6-11(3-2-8-20)9-14(15)18/h1,4-7,9-10,20H,8H2,(H,19,21). The fourth-order valence-electron chi connectivity index (χ4n) is 1.66. The second-order valence-electron chi connectivity index (χ2n) is 4.12. The Bertz CT molecular complexity index is 733. The van der Waals surface area contributed by atoms with Gasteiger partial charge in [0.25, 0.3) is 5.91 Å². The second kappa shape index (κ2) is 6.64. The van der Waals surface area contributed by atoms with E-state index in [1.807, 2.05) is 0 Å². The molecule has 2 rings (SSSR count). The number of carbonyl (C=O) groups excluding carboxylic acids is 1. The highest BCUT2D eigenvalue weighted by Gasteiger charge is 2.10. The summed E-state index contributed by atoms with van der Waals surface area (Å²) >= 11 is 0. The van der Waals surface area contributed by atoms with Crippen LogP contribution in [0.5, 0.6) is 0 Å². The lowest BCUT2D eigenvalue weighted by molar-refractivity contribution is 0.102. The van der Waals surface area contributed by atoms with Crippen molar-refractivity contribution in [2.24, 2.45) is 0 Å².